The lowest BCUT2D eigenvalue weighted by molar-refractivity contribution is 0.0962. The van der Waals surface area contributed by atoms with E-state index in [4.69, 9.17) is 11.6 Å². The minimum Gasteiger partial charge on any atom is -0.279 e. The van der Waals surface area contributed by atoms with Gasteiger partial charge in [-0.3, -0.25) is 15.6 Å². The average molecular weight is 299 g/mol. The van der Waals surface area contributed by atoms with E-state index in [2.05, 4.69) is 20.8 Å². The Kier molecular flexibility index (Phi) is 3.66. The number of carbonyl (C=O) groups excluding carboxylic acids is 1. The molecule has 0 aliphatic heterocycles. The zero-order chi connectivity index (χ0) is 14.7. The number of fused-ring (bicyclic) bond motifs is 1. The lowest BCUT2D eigenvalue weighted by atomic mass is 10.2. The van der Waals surface area contributed by atoms with Crippen LogP contribution in [0.5, 0.6) is 0 Å². The average Bonchev–Trinajstić information content (AvgIpc) is 2.53. The molecule has 6 heteroatoms. The first-order valence-corrected chi connectivity index (χ1v) is 6.65. The molecule has 0 saturated heterocycles. The summed E-state index contributed by atoms with van der Waals surface area (Å²) in [6.07, 6.45) is 0. The van der Waals surface area contributed by atoms with Crippen LogP contribution in [0.25, 0.3) is 11.0 Å². The smallest absolute Gasteiger partial charge is 0.269 e. The molecule has 0 radical (unpaired) electrons. The zero-order valence-electron chi connectivity index (χ0n) is 10.9. The summed E-state index contributed by atoms with van der Waals surface area (Å²) in [5.41, 5.74) is 7.17. The molecule has 1 aromatic heterocycles. The fourth-order valence-corrected chi connectivity index (χ4v) is 2.02. The second-order valence-electron chi connectivity index (χ2n) is 4.30. The van der Waals surface area contributed by atoms with Crippen LogP contribution in [0.4, 0.5) is 5.82 Å². The fourth-order valence-electron chi connectivity index (χ4n) is 1.84. The van der Waals surface area contributed by atoms with Crippen LogP contribution < -0.4 is 10.9 Å². The Hall–Kier alpha value is -2.66. The van der Waals surface area contributed by atoms with E-state index in [1.165, 1.54) is 0 Å². The summed E-state index contributed by atoms with van der Waals surface area (Å²) in [6.45, 7) is 0. The van der Waals surface area contributed by atoms with Crippen LogP contribution in [-0.4, -0.2) is 15.9 Å². The summed E-state index contributed by atoms with van der Waals surface area (Å²) in [6, 6.07) is 16.2. The van der Waals surface area contributed by atoms with Gasteiger partial charge in [0.2, 0.25) is 0 Å². The molecule has 0 aliphatic carbocycles. The summed E-state index contributed by atoms with van der Waals surface area (Å²) in [4.78, 5) is 20.5. The van der Waals surface area contributed by atoms with Crippen molar-refractivity contribution in [1.29, 1.82) is 0 Å². The SMILES string of the molecule is O=C(NNc1nc2ccccc2nc1Cl)c1ccccc1. The number of hydrazine groups is 1. The van der Waals surface area contributed by atoms with Gasteiger partial charge in [0, 0.05) is 5.56 Å². The first-order chi connectivity index (χ1) is 10.2. The molecule has 1 amide bonds. The topological polar surface area (TPSA) is 66.9 Å². The molecule has 2 N–H and O–H groups in total. The van der Waals surface area contributed by atoms with Gasteiger partial charge in [0.25, 0.3) is 5.91 Å². The van der Waals surface area contributed by atoms with Crippen LogP contribution in [0.15, 0.2) is 54.6 Å². The summed E-state index contributed by atoms with van der Waals surface area (Å²) < 4.78 is 0. The van der Waals surface area contributed by atoms with Gasteiger partial charge in [0.1, 0.15) is 0 Å². The maximum Gasteiger partial charge on any atom is 0.269 e. The number of nitrogens with zero attached hydrogens (tertiary/aromatic N) is 2. The Morgan fingerprint density at radius 3 is 2.24 bits per heavy atom. The lowest BCUT2D eigenvalue weighted by Gasteiger charge is -2.09. The van der Waals surface area contributed by atoms with Gasteiger partial charge < -0.3 is 0 Å². The van der Waals surface area contributed by atoms with Gasteiger partial charge in [-0.1, -0.05) is 41.9 Å². The normalized spacial score (nSPS) is 10.3. The molecular weight excluding hydrogens is 288 g/mol. The first-order valence-electron chi connectivity index (χ1n) is 6.28. The number of hydrogen-bond donors (Lipinski definition) is 2. The van der Waals surface area contributed by atoms with E-state index in [1.54, 1.807) is 24.3 Å². The molecule has 21 heavy (non-hydrogen) atoms. The number of halogens is 1. The van der Waals surface area contributed by atoms with Crippen molar-refractivity contribution in [2.24, 2.45) is 0 Å². The predicted octanol–water partition coefficient (Wildman–Crippen LogP) is 3.04. The van der Waals surface area contributed by atoms with Crippen LogP contribution in [0.3, 0.4) is 0 Å². The number of carbonyl (C=O) groups is 1. The maximum absolute atomic E-state index is 11.9. The number of nitrogens with one attached hydrogen (secondary N) is 2. The van der Waals surface area contributed by atoms with E-state index < -0.39 is 0 Å². The van der Waals surface area contributed by atoms with Crippen LogP contribution in [0.1, 0.15) is 10.4 Å². The largest absolute Gasteiger partial charge is 0.279 e. The fraction of sp³-hybridized carbons (Fsp3) is 0. The first kappa shape index (κ1) is 13.3. The Morgan fingerprint density at radius 2 is 1.52 bits per heavy atom. The van der Waals surface area contributed by atoms with Crippen molar-refractivity contribution in [3.05, 3.63) is 65.3 Å². The van der Waals surface area contributed by atoms with Crippen molar-refractivity contribution in [2.75, 3.05) is 5.43 Å². The third kappa shape index (κ3) is 2.93. The van der Waals surface area contributed by atoms with Gasteiger partial charge in [0.15, 0.2) is 11.0 Å². The number of rotatable bonds is 3. The molecule has 1 heterocycles. The van der Waals surface area contributed by atoms with Crippen molar-refractivity contribution in [2.45, 2.75) is 0 Å². The van der Waals surface area contributed by atoms with E-state index in [0.29, 0.717) is 22.4 Å². The second kappa shape index (κ2) is 5.76. The zero-order valence-corrected chi connectivity index (χ0v) is 11.6. The summed E-state index contributed by atoms with van der Waals surface area (Å²) in [7, 11) is 0. The van der Waals surface area contributed by atoms with Crippen LogP contribution in [0.2, 0.25) is 5.15 Å². The Bertz CT molecular complexity index is 792. The predicted molar refractivity (Wildman–Crippen MR) is 82.1 cm³/mol. The molecule has 0 unspecified atom stereocenters. The molecule has 0 spiro atoms. The molecule has 0 saturated carbocycles. The van der Waals surface area contributed by atoms with Crippen LogP contribution in [-0.2, 0) is 0 Å². The molecule has 2 aromatic carbocycles. The third-order valence-electron chi connectivity index (χ3n) is 2.86. The van der Waals surface area contributed by atoms with E-state index in [1.807, 2.05) is 30.3 Å². The highest BCUT2D eigenvalue weighted by molar-refractivity contribution is 6.32. The summed E-state index contributed by atoms with van der Waals surface area (Å²) in [5, 5.41) is 0.196. The second-order valence-corrected chi connectivity index (χ2v) is 4.65. The highest BCUT2D eigenvalue weighted by Gasteiger charge is 2.08. The molecule has 0 bridgehead atoms. The summed E-state index contributed by atoms with van der Waals surface area (Å²) >= 11 is 6.05. The Morgan fingerprint density at radius 1 is 0.905 bits per heavy atom. The standard InChI is InChI=1S/C15H11ClN4O/c16-13-14(18-12-9-5-4-8-11(12)17-13)19-20-15(21)10-6-2-1-3-7-10/h1-9H,(H,18,19)(H,20,21). The van der Waals surface area contributed by atoms with Crippen LogP contribution in [0, 0.1) is 0 Å². The number of benzene rings is 2. The van der Waals surface area contributed by atoms with Crippen LogP contribution >= 0.6 is 11.6 Å². The van der Waals surface area contributed by atoms with Gasteiger partial charge >= 0.3 is 0 Å². The van der Waals surface area contributed by atoms with Crippen molar-refractivity contribution < 1.29 is 4.79 Å². The number of amides is 1. The Balaban J connectivity index is 1.79. The number of aromatic nitrogens is 2. The van der Waals surface area contributed by atoms with E-state index in [0.717, 1.165) is 0 Å². The highest BCUT2D eigenvalue weighted by atomic mass is 35.5. The van der Waals surface area contributed by atoms with Crippen molar-refractivity contribution in [1.82, 2.24) is 15.4 Å². The van der Waals surface area contributed by atoms with Gasteiger partial charge in [-0.2, -0.15) is 0 Å². The van der Waals surface area contributed by atoms with E-state index in [9.17, 15) is 4.79 Å². The lowest BCUT2D eigenvalue weighted by Crippen LogP contribution is -2.30. The van der Waals surface area contributed by atoms with Crippen molar-refractivity contribution in [3.63, 3.8) is 0 Å². The minimum atomic E-state index is -0.276. The molecule has 0 fully saturated rings. The van der Waals surface area contributed by atoms with E-state index >= 15 is 0 Å². The number of hydrogen-bond acceptors (Lipinski definition) is 4. The van der Waals surface area contributed by atoms with E-state index in [-0.39, 0.29) is 11.1 Å². The molecule has 104 valence electrons. The quantitative estimate of drug-likeness (QED) is 0.729. The number of para-hydroxylation sites is 2. The molecule has 0 atom stereocenters. The highest BCUT2D eigenvalue weighted by Crippen LogP contribution is 2.20. The molecular formula is C15H11ClN4O. The maximum atomic E-state index is 11.9. The number of anilines is 1. The van der Waals surface area contributed by atoms with Crippen molar-refractivity contribution >= 4 is 34.4 Å². The van der Waals surface area contributed by atoms with Gasteiger partial charge in [-0.25, -0.2) is 9.97 Å². The summed E-state index contributed by atoms with van der Waals surface area (Å²) in [5.74, 6) is 0.0290. The molecule has 0 aliphatic rings. The van der Waals surface area contributed by atoms with Gasteiger partial charge in [-0.15, -0.1) is 0 Å². The van der Waals surface area contributed by atoms with Crippen molar-refractivity contribution in [3.8, 4) is 0 Å². The molecule has 3 aromatic rings. The molecule has 3 rings (SSSR count). The third-order valence-corrected chi connectivity index (χ3v) is 3.12. The monoisotopic (exact) mass is 298 g/mol. The van der Waals surface area contributed by atoms with Gasteiger partial charge in [-0.05, 0) is 24.3 Å². The minimum absolute atomic E-state index is 0.196. The Labute approximate surface area is 126 Å². The van der Waals surface area contributed by atoms with Gasteiger partial charge in [0.05, 0.1) is 11.0 Å². The molecule has 5 nitrogen and oxygen atoms in total.